The summed E-state index contributed by atoms with van der Waals surface area (Å²) in [6, 6.07) is 10.0. The topological polar surface area (TPSA) is 36.7 Å². The van der Waals surface area contributed by atoms with Gasteiger partial charge in [0.2, 0.25) is 0 Å². The average molecular weight is 270 g/mol. The highest BCUT2D eigenvalue weighted by atomic mass is 14.7. The summed E-state index contributed by atoms with van der Waals surface area (Å²) in [7, 11) is 0. The lowest BCUT2D eigenvalue weighted by atomic mass is 10.0. The van der Waals surface area contributed by atoms with E-state index >= 15 is 0 Å². The minimum atomic E-state index is 0.676. The van der Waals surface area contributed by atoms with Crippen molar-refractivity contribution in [3.8, 4) is 6.07 Å². The van der Waals surface area contributed by atoms with Crippen LogP contribution in [0, 0.1) is 11.3 Å². The molecule has 0 saturated carbocycles. The summed E-state index contributed by atoms with van der Waals surface area (Å²) in [5, 5.41) is 10.0. The summed E-state index contributed by atoms with van der Waals surface area (Å²) in [5.74, 6) is 0. The second-order valence-corrected chi connectivity index (χ2v) is 3.82. The lowest BCUT2D eigenvalue weighted by molar-refractivity contribution is 1.03. The van der Waals surface area contributed by atoms with Crippen molar-refractivity contribution < 1.29 is 0 Å². The van der Waals surface area contributed by atoms with Crippen molar-refractivity contribution in [1.82, 2.24) is 4.98 Å². The van der Waals surface area contributed by atoms with Crippen LogP contribution in [0.3, 0.4) is 0 Å². The molecular formula is C18H26N2. The quantitative estimate of drug-likeness (QED) is 0.744. The SMILES string of the molecule is CC.CC.CCc1cc(CC)c2ccc(C#N)cc2n1. The van der Waals surface area contributed by atoms with Gasteiger partial charge in [0.25, 0.3) is 0 Å². The maximum atomic E-state index is 8.87. The molecule has 0 aliphatic rings. The largest absolute Gasteiger partial charge is 0.253 e. The summed E-state index contributed by atoms with van der Waals surface area (Å²) in [6.45, 7) is 12.2. The van der Waals surface area contributed by atoms with Crippen molar-refractivity contribution >= 4 is 10.9 Å². The van der Waals surface area contributed by atoms with Gasteiger partial charge < -0.3 is 0 Å². The molecule has 0 atom stereocenters. The number of hydrogen-bond donors (Lipinski definition) is 0. The van der Waals surface area contributed by atoms with Crippen molar-refractivity contribution in [3.63, 3.8) is 0 Å². The van der Waals surface area contributed by atoms with Crippen molar-refractivity contribution in [3.05, 3.63) is 41.1 Å². The zero-order valence-electron chi connectivity index (χ0n) is 13.6. The van der Waals surface area contributed by atoms with E-state index in [9.17, 15) is 0 Å². The molecule has 0 N–H and O–H groups in total. The fourth-order valence-electron chi connectivity index (χ4n) is 1.90. The Balaban J connectivity index is 0.000000829. The molecular weight excluding hydrogens is 244 g/mol. The summed E-state index contributed by atoms with van der Waals surface area (Å²) in [6.07, 6.45) is 1.93. The molecule has 1 aromatic carbocycles. The number of aromatic nitrogens is 1. The van der Waals surface area contributed by atoms with Crippen LogP contribution in [0.4, 0.5) is 0 Å². The van der Waals surface area contributed by atoms with Gasteiger partial charge in [0.1, 0.15) is 0 Å². The van der Waals surface area contributed by atoms with Crippen LogP contribution in [0.5, 0.6) is 0 Å². The zero-order valence-corrected chi connectivity index (χ0v) is 13.6. The monoisotopic (exact) mass is 270 g/mol. The van der Waals surface area contributed by atoms with Crippen LogP contribution >= 0.6 is 0 Å². The highest BCUT2D eigenvalue weighted by Crippen LogP contribution is 2.20. The molecule has 1 aromatic heterocycles. The third kappa shape index (κ3) is 4.35. The molecule has 0 bridgehead atoms. The molecule has 2 aromatic rings. The molecule has 108 valence electrons. The van der Waals surface area contributed by atoms with E-state index in [4.69, 9.17) is 5.26 Å². The van der Waals surface area contributed by atoms with Gasteiger partial charge in [-0.2, -0.15) is 5.26 Å². The second-order valence-electron chi connectivity index (χ2n) is 3.82. The third-order valence-electron chi connectivity index (χ3n) is 2.82. The Kier molecular flexibility index (Phi) is 9.04. The number of aryl methyl sites for hydroxylation is 2. The van der Waals surface area contributed by atoms with Crippen molar-refractivity contribution in [2.45, 2.75) is 54.4 Å². The highest BCUT2D eigenvalue weighted by Gasteiger charge is 2.04. The normalized spacial score (nSPS) is 8.85. The molecule has 0 radical (unpaired) electrons. The van der Waals surface area contributed by atoms with Crippen LogP contribution in [0.1, 0.15) is 58.4 Å². The zero-order chi connectivity index (χ0) is 15.5. The van der Waals surface area contributed by atoms with E-state index in [2.05, 4.69) is 31.0 Å². The van der Waals surface area contributed by atoms with Crippen LogP contribution in [0.25, 0.3) is 10.9 Å². The highest BCUT2D eigenvalue weighted by molar-refractivity contribution is 5.83. The van der Waals surface area contributed by atoms with Crippen molar-refractivity contribution in [2.24, 2.45) is 0 Å². The van der Waals surface area contributed by atoms with Gasteiger partial charge in [-0.05, 0) is 36.6 Å². The Morgan fingerprint density at radius 3 is 2.15 bits per heavy atom. The minimum absolute atomic E-state index is 0.676. The molecule has 20 heavy (non-hydrogen) atoms. The molecule has 1 heterocycles. The molecule has 0 fully saturated rings. The van der Waals surface area contributed by atoms with Crippen LogP contribution in [0.2, 0.25) is 0 Å². The molecule has 2 heteroatoms. The lowest BCUT2D eigenvalue weighted by Crippen LogP contribution is -1.94. The van der Waals surface area contributed by atoms with Gasteiger partial charge in [0.05, 0.1) is 17.1 Å². The Morgan fingerprint density at radius 2 is 1.65 bits per heavy atom. The van der Waals surface area contributed by atoms with Gasteiger partial charge in [-0.3, -0.25) is 4.98 Å². The average Bonchev–Trinajstić information content (AvgIpc) is 2.56. The van der Waals surface area contributed by atoms with Gasteiger partial charge in [-0.15, -0.1) is 0 Å². The van der Waals surface area contributed by atoms with E-state index in [1.54, 1.807) is 0 Å². The molecule has 0 unspecified atom stereocenters. The number of rotatable bonds is 2. The van der Waals surface area contributed by atoms with E-state index in [0.717, 1.165) is 24.1 Å². The van der Waals surface area contributed by atoms with E-state index < -0.39 is 0 Å². The van der Waals surface area contributed by atoms with E-state index in [1.807, 2.05) is 45.9 Å². The summed E-state index contributed by atoms with van der Waals surface area (Å²) < 4.78 is 0. The smallest absolute Gasteiger partial charge is 0.0992 e. The molecule has 0 spiro atoms. The van der Waals surface area contributed by atoms with Gasteiger partial charge in [0.15, 0.2) is 0 Å². The Hall–Kier alpha value is -1.88. The third-order valence-corrected chi connectivity index (χ3v) is 2.82. The Bertz CT molecular complexity index is 565. The molecule has 2 rings (SSSR count). The first-order valence-electron chi connectivity index (χ1n) is 7.61. The molecule has 2 nitrogen and oxygen atoms in total. The van der Waals surface area contributed by atoms with Crippen LogP contribution < -0.4 is 0 Å². The van der Waals surface area contributed by atoms with E-state index in [0.29, 0.717) is 5.56 Å². The number of benzene rings is 1. The van der Waals surface area contributed by atoms with Gasteiger partial charge in [0, 0.05) is 11.1 Å². The van der Waals surface area contributed by atoms with Gasteiger partial charge in [-0.25, -0.2) is 0 Å². The molecule has 0 saturated heterocycles. The first-order chi connectivity index (χ1) is 9.78. The van der Waals surface area contributed by atoms with Crippen molar-refractivity contribution in [2.75, 3.05) is 0 Å². The standard InChI is InChI=1S/C14H14N2.2C2H6/c1-3-11-8-12(4-2)16-14-7-10(9-15)5-6-13(11)14;2*1-2/h5-8H,3-4H2,1-2H3;2*1-2H3. The van der Waals surface area contributed by atoms with Gasteiger partial charge >= 0.3 is 0 Å². The number of hydrogen-bond acceptors (Lipinski definition) is 2. The van der Waals surface area contributed by atoms with Crippen LogP contribution in [0.15, 0.2) is 24.3 Å². The minimum Gasteiger partial charge on any atom is -0.253 e. The van der Waals surface area contributed by atoms with E-state index in [-0.39, 0.29) is 0 Å². The van der Waals surface area contributed by atoms with E-state index in [1.165, 1.54) is 10.9 Å². The van der Waals surface area contributed by atoms with Crippen LogP contribution in [-0.2, 0) is 12.8 Å². The predicted molar refractivity (Wildman–Crippen MR) is 87.9 cm³/mol. The lowest BCUT2D eigenvalue weighted by Gasteiger charge is -2.07. The Labute approximate surface area is 123 Å². The summed E-state index contributed by atoms with van der Waals surface area (Å²) >= 11 is 0. The number of pyridine rings is 1. The number of nitriles is 1. The second kappa shape index (κ2) is 9.97. The fourth-order valence-corrected chi connectivity index (χ4v) is 1.90. The fraction of sp³-hybridized carbons (Fsp3) is 0.444. The summed E-state index contributed by atoms with van der Waals surface area (Å²) in [5.41, 5.74) is 4.02. The van der Waals surface area contributed by atoms with Crippen LogP contribution in [-0.4, -0.2) is 4.98 Å². The molecule has 0 amide bonds. The van der Waals surface area contributed by atoms with Crippen molar-refractivity contribution in [1.29, 1.82) is 5.26 Å². The Morgan fingerprint density at radius 1 is 1.00 bits per heavy atom. The summed E-state index contributed by atoms with van der Waals surface area (Å²) in [4.78, 5) is 4.56. The maximum absolute atomic E-state index is 8.87. The maximum Gasteiger partial charge on any atom is 0.0992 e. The number of fused-ring (bicyclic) bond motifs is 1. The number of nitrogens with zero attached hydrogens (tertiary/aromatic N) is 2. The molecule has 0 aliphatic heterocycles. The first kappa shape index (κ1) is 18.1. The molecule has 0 aliphatic carbocycles. The predicted octanol–water partition coefficient (Wildman–Crippen LogP) is 5.28. The first-order valence-corrected chi connectivity index (χ1v) is 7.61. The van der Waals surface area contributed by atoms with Gasteiger partial charge in [-0.1, -0.05) is 47.6 Å².